The molecule has 0 aliphatic carbocycles. The molecule has 0 bridgehead atoms. The predicted octanol–water partition coefficient (Wildman–Crippen LogP) is 11.8. The molecule has 4 heteroatoms. The number of fused-ring (bicyclic) bond motifs is 15. The first-order chi connectivity index (χ1) is 23.8. The zero-order chi connectivity index (χ0) is 31.3. The largest absolute Gasteiger partial charge is 0.437 e. The molecule has 11 rings (SSSR count). The average Bonchev–Trinajstić information content (AvgIpc) is 3.71. The molecule has 4 nitrogen and oxygen atoms in total. The molecule has 0 spiro atoms. The van der Waals surface area contributed by atoms with Crippen molar-refractivity contribution in [2.24, 2.45) is 0 Å². The third-order valence-corrected chi connectivity index (χ3v) is 10.00. The van der Waals surface area contributed by atoms with Gasteiger partial charge in [0.25, 0.3) is 0 Å². The van der Waals surface area contributed by atoms with E-state index in [9.17, 15) is 0 Å². The first-order valence-corrected chi connectivity index (χ1v) is 16.3. The average molecular weight is 612 g/mol. The maximum Gasteiger partial charge on any atom is 0.238 e. The van der Waals surface area contributed by atoms with Crippen LogP contribution in [0.15, 0.2) is 156 Å². The summed E-state index contributed by atoms with van der Waals surface area (Å²) in [5.41, 5.74) is 5.39. The predicted molar refractivity (Wildman–Crippen MR) is 199 cm³/mol. The number of aromatic nitrogens is 3. The molecule has 0 unspecified atom stereocenters. The molecule has 0 saturated heterocycles. The van der Waals surface area contributed by atoms with E-state index in [1.807, 2.05) is 24.3 Å². The van der Waals surface area contributed by atoms with E-state index in [1.54, 1.807) is 0 Å². The van der Waals surface area contributed by atoms with Gasteiger partial charge in [-0.1, -0.05) is 140 Å². The smallest absolute Gasteiger partial charge is 0.238 e. The molecule has 11 aromatic rings. The molecule has 8 aromatic carbocycles. The lowest BCUT2D eigenvalue weighted by Crippen LogP contribution is -2.03. The van der Waals surface area contributed by atoms with Crippen molar-refractivity contribution in [1.82, 2.24) is 14.5 Å². The van der Waals surface area contributed by atoms with Gasteiger partial charge in [-0.15, -0.1) is 0 Å². The van der Waals surface area contributed by atoms with Crippen LogP contribution in [0.25, 0.3) is 104 Å². The Bertz CT molecular complexity index is 3080. The number of rotatable bonds is 2. The second-order valence-electron chi connectivity index (χ2n) is 12.5. The number of nitrogens with zero attached hydrogens (tertiary/aromatic N) is 3. The Morgan fingerprint density at radius 3 is 1.81 bits per heavy atom. The van der Waals surface area contributed by atoms with E-state index in [2.05, 4.69) is 132 Å². The van der Waals surface area contributed by atoms with Crippen LogP contribution in [0, 0.1) is 0 Å². The highest BCUT2D eigenvalue weighted by Gasteiger charge is 2.24. The van der Waals surface area contributed by atoms with Gasteiger partial charge in [0.1, 0.15) is 5.58 Å². The Morgan fingerprint density at radius 1 is 0.417 bits per heavy atom. The Hall–Kier alpha value is -6.52. The van der Waals surface area contributed by atoms with E-state index in [0.29, 0.717) is 11.7 Å². The van der Waals surface area contributed by atoms with E-state index < -0.39 is 0 Å². The van der Waals surface area contributed by atoms with Crippen LogP contribution < -0.4 is 0 Å². The number of hydrogen-bond donors (Lipinski definition) is 0. The van der Waals surface area contributed by atoms with Gasteiger partial charge >= 0.3 is 0 Å². The topological polar surface area (TPSA) is 43.9 Å². The standard InChI is InChI=1S/C44H25N3O/c1-2-13-27(14-3-1)41-40-34-20-10-11-21-37(34)48-43(40)46-44(45-41)47-36-25-24-33-31-18-7-6-16-29(31)30-17-8-9-19-32(30)38(33)39(36)35-23-22-26-12-4-5-15-28(26)42(35)47/h1-25H. The van der Waals surface area contributed by atoms with Crippen molar-refractivity contribution < 1.29 is 4.42 Å². The zero-order valence-corrected chi connectivity index (χ0v) is 25.7. The molecule has 0 N–H and O–H groups in total. The van der Waals surface area contributed by atoms with E-state index in [-0.39, 0.29) is 0 Å². The van der Waals surface area contributed by atoms with E-state index in [1.165, 1.54) is 48.5 Å². The zero-order valence-electron chi connectivity index (χ0n) is 25.7. The molecule has 0 saturated carbocycles. The summed E-state index contributed by atoms with van der Waals surface area (Å²) in [6, 6.07) is 53.7. The Morgan fingerprint density at radius 2 is 1.02 bits per heavy atom. The quantitative estimate of drug-likeness (QED) is 0.183. The molecule has 0 amide bonds. The highest BCUT2D eigenvalue weighted by Crippen LogP contribution is 2.45. The van der Waals surface area contributed by atoms with E-state index >= 15 is 0 Å². The van der Waals surface area contributed by atoms with Crippen molar-refractivity contribution in [3.63, 3.8) is 0 Å². The van der Waals surface area contributed by atoms with Gasteiger partial charge in [-0.05, 0) is 44.5 Å². The monoisotopic (exact) mass is 611 g/mol. The van der Waals surface area contributed by atoms with Crippen LogP contribution >= 0.6 is 0 Å². The van der Waals surface area contributed by atoms with Crippen molar-refractivity contribution in [3.05, 3.63) is 152 Å². The summed E-state index contributed by atoms with van der Waals surface area (Å²) in [6.45, 7) is 0. The van der Waals surface area contributed by atoms with Crippen LogP contribution in [0.5, 0.6) is 0 Å². The van der Waals surface area contributed by atoms with Gasteiger partial charge in [0.05, 0.1) is 22.1 Å². The fourth-order valence-corrected chi connectivity index (χ4v) is 7.99. The highest BCUT2D eigenvalue weighted by atomic mass is 16.3. The summed E-state index contributed by atoms with van der Waals surface area (Å²) in [7, 11) is 0. The molecule has 0 atom stereocenters. The van der Waals surface area contributed by atoms with Crippen LogP contribution in [0.3, 0.4) is 0 Å². The lowest BCUT2D eigenvalue weighted by Gasteiger charge is -2.13. The van der Waals surface area contributed by atoms with Gasteiger partial charge in [-0.2, -0.15) is 4.98 Å². The second kappa shape index (κ2) is 9.50. The minimum Gasteiger partial charge on any atom is -0.437 e. The van der Waals surface area contributed by atoms with Gasteiger partial charge in [-0.3, -0.25) is 4.57 Å². The van der Waals surface area contributed by atoms with E-state index in [4.69, 9.17) is 14.4 Å². The van der Waals surface area contributed by atoms with Gasteiger partial charge in [0, 0.05) is 32.5 Å². The molecular formula is C44H25N3O. The summed E-state index contributed by atoms with van der Waals surface area (Å²) in [4.78, 5) is 10.7. The molecule has 48 heavy (non-hydrogen) atoms. The second-order valence-corrected chi connectivity index (χ2v) is 12.5. The minimum atomic E-state index is 0.576. The number of hydrogen-bond acceptors (Lipinski definition) is 3. The molecule has 222 valence electrons. The third-order valence-electron chi connectivity index (χ3n) is 10.00. The van der Waals surface area contributed by atoms with Gasteiger partial charge in [0.15, 0.2) is 0 Å². The molecular weight excluding hydrogens is 587 g/mol. The van der Waals surface area contributed by atoms with Gasteiger partial charge in [-0.25, -0.2) is 4.98 Å². The number of furan rings is 1. The van der Waals surface area contributed by atoms with Gasteiger partial charge < -0.3 is 4.42 Å². The first kappa shape index (κ1) is 25.6. The summed E-state index contributed by atoms with van der Waals surface area (Å²) in [6.07, 6.45) is 0. The van der Waals surface area contributed by atoms with Crippen LogP contribution in [0.4, 0.5) is 0 Å². The maximum atomic E-state index is 6.48. The summed E-state index contributed by atoms with van der Waals surface area (Å²) in [5.74, 6) is 0.584. The van der Waals surface area contributed by atoms with Crippen LogP contribution in [-0.2, 0) is 0 Å². The molecule has 3 aromatic heterocycles. The molecule has 0 radical (unpaired) electrons. The summed E-state index contributed by atoms with van der Waals surface area (Å²) >= 11 is 0. The van der Waals surface area contributed by atoms with E-state index in [0.717, 1.165) is 44.0 Å². The fourth-order valence-electron chi connectivity index (χ4n) is 7.99. The lowest BCUT2D eigenvalue weighted by molar-refractivity contribution is 0.651. The normalized spacial score (nSPS) is 12.2. The third kappa shape index (κ3) is 3.38. The van der Waals surface area contributed by atoms with Crippen molar-refractivity contribution >= 4 is 87.0 Å². The fraction of sp³-hybridized carbons (Fsp3) is 0. The van der Waals surface area contributed by atoms with Crippen LogP contribution in [0.2, 0.25) is 0 Å². The van der Waals surface area contributed by atoms with Crippen molar-refractivity contribution in [1.29, 1.82) is 0 Å². The number of para-hydroxylation sites is 1. The maximum absolute atomic E-state index is 6.48. The summed E-state index contributed by atoms with van der Waals surface area (Å²) in [5, 5.41) is 14.1. The molecule has 0 aliphatic heterocycles. The molecule has 3 heterocycles. The first-order valence-electron chi connectivity index (χ1n) is 16.3. The lowest BCUT2D eigenvalue weighted by atomic mass is 9.91. The Balaban J connectivity index is 1.38. The van der Waals surface area contributed by atoms with Gasteiger partial charge in [0.2, 0.25) is 11.7 Å². The van der Waals surface area contributed by atoms with Crippen molar-refractivity contribution in [2.45, 2.75) is 0 Å². The van der Waals surface area contributed by atoms with Crippen LogP contribution in [0.1, 0.15) is 0 Å². The SMILES string of the molecule is c1ccc(-c2nc(-n3c4ccc5c6ccccc6c6ccccc6c5c4c4ccc5ccccc5c43)nc3oc4ccccc4c23)cc1. The molecule has 0 aliphatic rings. The van der Waals surface area contributed by atoms with Crippen molar-refractivity contribution in [2.75, 3.05) is 0 Å². The highest BCUT2D eigenvalue weighted by molar-refractivity contribution is 6.36. The minimum absolute atomic E-state index is 0.576. The number of benzene rings is 8. The Labute approximate surface area is 274 Å². The Kier molecular flexibility index (Phi) is 5.08. The van der Waals surface area contributed by atoms with Crippen molar-refractivity contribution in [3.8, 4) is 17.2 Å². The van der Waals surface area contributed by atoms with Crippen LogP contribution in [-0.4, -0.2) is 14.5 Å². The molecule has 0 fully saturated rings. The summed E-state index contributed by atoms with van der Waals surface area (Å²) < 4.78 is 8.74.